The van der Waals surface area contributed by atoms with Crippen molar-refractivity contribution in [3.8, 4) is 0 Å². The summed E-state index contributed by atoms with van der Waals surface area (Å²) in [6, 6.07) is 0.950. The summed E-state index contributed by atoms with van der Waals surface area (Å²) in [5.41, 5.74) is -0.644. The van der Waals surface area contributed by atoms with Gasteiger partial charge in [-0.2, -0.15) is 0 Å². The van der Waals surface area contributed by atoms with Crippen LogP contribution in [0.2, 0.25) is 0 Å². The highest BCUT2D eigenvalue weighted by Crippen LogP contribution is 2.13. The lowest BCUT2D eigenvalue weighted by atomic mass is 10.0. The van der Waals surface area contributed by atoms with Crippen LogP contribution in [0.25, 0.3) is 0 Å². The van der Waals surface area contributed by atoms with Gasteiger partial charge in [0, 0.05) is 44.8 Å². The normalized spacial score (nSPS) is 27.4. The fourth-order valence-electron chi connectivity index (χ4n) is 2.33. The fraction of sp³-hybridized carbons (Fsp3) is 1.00. The number of aliphatic hydroxyl groups is 1. The Morgan fingerprint density at radius 3 is 2.59 bits per heavy atom. The van der Waals surface area contributed by atoms with E-state index in [1.165, 1.54) is 0 Å². The Bertz CT molecular complexity index is 231. The maximum Gasteiger partial charge on any atom is 0.0869 e. The summed E-state index contributed by atoms with van der Waals surface area (Å²) in [5.74, 6) is 0. The SMILES string of the molecule is CC(C)NCC(C)(O)CN1CCN(C)CC1C. The molecule has 102 valence electrons. The lowest BCUT2D eigenvalue weighted by Crippen LogP contribution is -2.57. The molecule has 0 radical (unpaired) electrons. The van der Waals surface area contributed by atoms with Crippen LogP contribution >= 0.6 is 0 Å². The lowest BCUT2D eigenvalue weighted by Gasteiger charge is -2.41. The quantitative estimate of drug-likeness (QED) is 0.732. The van der Waals surface area contributed by atoms with Crippen molar-refractivity contribution in [3.63, 3.8) is 0 Å². The molecule has 1 saturated heterocycles. The number of nitrogens with one attached hydrogen (secondary N) is 1. The van der Waals surface area contributed by atoms with Crippen molar-refractivity contribution in [1.29, 1.82) is 0 Å². The largest absolute Gasteiger partial charge is 0.388 e. The summed E-state index contributed by atoms with van der Waals surface area (Å²) in [5, 5.41) is 13.7. The number of hydrogen-bond donors (Lipinski definition) is 2. The van der Waals surface area contributed by atoms with Gasteiger partial charge < -0.3 is 15.3 Å². The van der Waals surface area contributed by atoms with E-state index < -0.39 is 5.60 Å². The molecule has 0 bridgehead atoms. The summed E-state index contributed by atoms with van der Waals surface area (Å²) in [6.07, 6.45) is 0. The third-order valence-corrected chi connectivity index (χ3v) is 3.40. The average molecular weight is 243 g/mol. The third kappa shape index (κ3) is 5.34. The number of rotatable bonds is 5. The number of nitrogens with zero attached hydrogens (tertiary/aromatic N) is 2. The summed E-state index contributed by atoms with van der Waals surface area (Å²) < 4.78 is 0. The molecule has 4 nitrogen and oxygen atoms in total. The molecule has 1 heterocycles. The molecule has 0 saturated carbocycles. The van der Waals surface area contributed by atoms with Gasteiger partial charge in [0.1, 0.15) is 0 Å². The van der Waals surface area contributed by atoms with Gasteiger partial charge in [-0.25, -0.2) is 0 Å². The molecular formula is C13H29N3O. The van der Waals surface area contributed by atoms with Crippen LogP contribution in [0, 0.1) is 0 Å². The first-order chi connectivity index (χ1) is 7.80. The van der Waals surface area contributed by atoms with Crippen molar-refractivity contribution in [3.05, 3.63) is 0 Å². The van der Waals surface area contributed by atoms with E-state index in [4.69, 9.17) is 0 Å². The summed E-state index contributed by atoms with van der Waals surface area (Å²) in [4.78, 5) is 4.74. The summed E-state index contributed by atoms with van der Waals surface area (Å²) in [6.45, 7) is 13.0. The van der Waals surface area contributed by atoms with Crippen LogP contribution in [0.3, 0.4) is 0 Å². The van der Waals surface area contributed by atoms with E-state index in [2.05, 4.69) is 42.9 Å². The van der Waals surface area contributed by atoms with Crippen LogP contribution in [0.5, 0.6) is 0 Å². The monoisotopic (exact) mass is 243 g/mol. The molecule has 2 atom stereocenters. The topological polar surface area (TPSA) is 38.7 Å². The van der Waals surface area contributed by atoms with Crippen molar-refractivity contribution in [2.45, 2.75) is 45.4 Å². The minimum absolute atomic E-state index is 0.423. The lowest BCUT2D eigenvalue weighted by molar-refractivity contribution is -0.0114. The molecule has 4 heteroatoms. The molecule has 0 spiro atoms. The number of hydrogen-bond acceptors (Lipinski definition) is 4. The van der Waals surface area contributed by atoms with E-state index in [9.17, 15) is 5.11 Å². The first-order valence-corrected chi connectivity index (χ1v) is 6.68. The molecule has 1 rings (SSSR count). The smallest absolute Gasteiger partial charge is 0.0869 e. The highest BCUT2D eigenvalue weighted by atomic mass is 16.3. The van der Waals surface area contributed by atoms with Gasteiger partial charge in [-0.1, -0.05) is 13.8 Å². The molecule has 0 amide bonds. The van der Waals surface area contributed by atoms with Crippen LogP contribution in [-0.2, 0) is 0 Å². The van der Waals surface area contributed by atoms with Gasteiger partial charge in [0.05, 0.1) is 5.60 Å². The minimum atomic E-state index is -0.644. The van der Waals surface area contributed by atoms with E-state index in [0.717, 1.165) is 26.2 Å². The Morgan fingerprint density at radius 1 is 1.41 bits per heavy atom. The van der Waals surface area contributed by atoms with Crippen molar-refractivity contribution >= 4 is 0 Å². The van der Waals surface area contributed by atoms with E-state index in [-0.39, 0.29) is 0 Å². The molecule has 0 aliphatic carbocycles. The Morgan fingerprint density at radius 2 is 2.06 bits per heavy atom. The number of β-amino-alcohol motifs (C(OH)–C–C–N with tert-alkyl or cyclic N) is 1. The highest BCUT2D eigenvalue weighted by molar-refractivity contribution is 4.86. The van der Waals surface area contributed by atoms with Crippen LogP contribution in [0.4, 0.5) is 0 Å². The Kier molecular flexibility index (Phi) is 5.38. The summed E-state index contributed by atoms with van der Waals surface area (Å²) in [7, 11) is 2.16. The van der Waals surface area contributed by atoms with Crippen LogP contribution in [0.1, 0.15) is 27.7 Å². The van der Waals surface area contributed by atoms with Gasteiger partial charge in [0.25, 0.3) is 0 Å². The summed E-state index contributed by atoms with van der Waals surface area (Å²) >= 11 is 0. The van der Waals surface area contributed by atoms with E-state index >= 15 is 0 Å². The number of likely N-dealkylation sites (N-methyl/N-ethyl adjacent to an activating group) is 1. The maximum absolute atomic E-state index is 10.4. The molecule has 1 fully saturated rings. The molecular weight excluding hydrogens is 214 g/mol. The zero-order chi connectivity index (χ0) is 13.1. The Hall–Kier alpha value is -0.160. The first-order valence-electron chi connectivity index (χ1n) is 6.68. The molecule has 0 aromatic heterocycles. The first kappa shape index (κ1) is 14.9. The van der Waals surface area contributed by atoms with Gasteiger partial charge in [-0.15, -0.1) is 0 Å². The Balaban J connectivity index is 2.40. The molecule has 1 aliphatic heterocycles. The van der Waals surface area contributed by atoms with Gasteiger partial charge in [0.15, 0.2) is 0 Å². The van der Waals surface area contributed by atoms with Crippen molar-refractivity contribution in [2.75, 3.05) is 39.8 Å². The zero-order valence-corrected chi connectivity index (χ0v) is 12.0. The van der Waals surface area contributed by atoms with Crippen molar-refractivity contribution < 1.29 is 5.11 Å². The molecule has 2 unspecified atom stereocenters. The standard InChI is InChI=1S/C13H29N3O/c1-11(2)14-9-13(4,17)10-16-7-6-15(5)8-12(16)3/h11-12,14,17H,6-10H2,1-5H3. The van der Waals surface area contributed by atoms with Gasteiger partial charge in [0.2, 0.25) is 0 Å². The molecule has 1 aliphatic rings. The number of piperazine rings is 1. The predicted octanol–water partition coefficient (Wildman–Crippen LogP) is 0.371. The van der Waals surface area contributed by atoms with Crippen molar-refractivity contribution in [2.24, 2.45) is 0 Å². The third-order valence-electron chi connectivity index (χ3n) is 3.40. The van der Waals surface area contributed by atoms with Crippen LogP contribution in [0.15, 0.2) is 0 Å². The molecule has 17 heavy (non-hydrogen) atoms. The molecule has 2 N–H and O–H groups in total. The zero-order valence-electron chi connectivity index (χ0n) is 12.0. The fourth-order valence-corrected chi connectivity index (χ4v) is 2.33. The molecule has 0 aromatic carbocycles. The van der Waals surface area contributed by atoms with Crippen molar-refractivity contribution in [1.82, 2.24) is 15.1 Å². The minimum Gasteiger partial charge on any atom is -0.388 e. The molecule has 0 aromatic rings. The van der Waals surface area contributed by atoms with Crippen LogP contribution in [-0.4, -0.2) is 72.4 Å². The maximum atomic E-state index is 10.4. The van der Waals surface area contributed by atoms with Gasteiger partial charge >= 0.3 is 0 Å². The van der Waals surface area contributed by atoms with Gasteiger partial charge in [-0.3, -0.25) is 4.90 Å². The van der Waals surface area contributed by atoms with E-state index in [1.807, 2.05) is 6.92 Å². The van der Waals surface area contributed by atoms with Gasteiger partial charge in [-0.05, 0) is 20.9 Å². The van der Waals surface area contributed by atoms with E-state index in [0.29, 0.717) is 18.6 Å². The Labute approximate surface area is 106 Å². The van der Waals surface area contributed by atoms with E-state index in [1.54, 1.807) is 0 Å². The second kappa shape index (κ2) is 6.14. The average Bonchev–Trinajstić information content (AvgIpc) is 2.20. The van der Waals surface area contributed by atoms with Crippen LogP contribution < -0.4 is 5.32 Å². The predicted molar refractivity (Wildman–Crippen MR) is 72.3 cm³/mol. The highest BCUT2D eigenvalue weighted by Gasteiger charge is 2.29. The second-order valence-corrected chi connectivity index (χ2v) is 6.11. The second-order valence-electron chi connectivity index (χ2n) is 6.11.